The largest absolute Gasteiger partial charge is 0.383 e. The Balaban J connectivity index is 1.39. The summed E-state index contributed by atoms with van der Waals surface area (Å²) in [7, 11) is 3.87. The van der Waals surface area contributed by atoms with Crippen LogP contribution in [0.15, 0.2) is 24.5 Å². The van der Waals surface area contributed by atoms with Crippen molar-refractivity contribution in [2.75, 3.05) is 53.6 Å². The van der Waals surface area contributed by atoms with Gasteiger partial charge in [0.25, 0.3) is 5.91 Å². The molecule has 1 spiro atoms. The summed E-state index contributed by atoms with van der Waals surface area (Å²) in [4.78, 5) is 24.7. The van der Waals surface area contributed by atoms with Crippen LogP contribution in [0.5, 0.6) is 0 Å². The molecule has 1 aromatic heterocycles. The highest BCUT2D eigenvalue weighted by Crippen LogP contribution is 2.38. The molecule has 0 radical (unpaired) electrons. The number of amides is 1. The van der Waals surface area contributed by atoms with Crippen molar-refractivity contribution in [3.05, 3.63) is 30.1 Å². The highest BCUT2D eigenvalue weighted by molar-refractivity contribution is 5.97. The molecule has 2 aromatic rings. The lowest BCUT2D eigenvalue weighted by Gasteiger charge is -2.40. The number of carbonyl (C=O) groups excluding carboxylic acids is 1. The maximum absolute atomic E-state index is 13.1. The number of hydrogen-bond donors (Lipinski definition) is 1. The maximum atomic E-state index is 13.1. The molecular formula is C21H30N4O3. The Morgan fingerprint density at radius 1 is 1.50 bits per heavy atom. The van der Waals surface area contributed by atoms with E-state index in [1.165, 1.54) is 0 Å². The van der Waals surface area contributed by atoms with E-state index in [1.54, 1.807) is 13.4 Å². The molecule has 2 aliphatic rings. The Hall–Kier alpha value is -1.96. The molecule has 0 bridgehead atoms. The van der Waals surface area contributed by atoms with Crippen LogP contribution in [0.1, 0.15) is 29.6 Å². The number of aromatic nitrogens is 2. The lowest BCUT2D eigenvalue weighted by atomic mass is 9.86. The minimum absolute atomic E-state index is 0.0832. The number of nitrogens with one attached hydrogen (secondary N) is 1. The number of hydrogen-bond acceptors (Lipinski definition) is 5. The van der Waals surface area contributed by atoms with Crippen LogP contribution in [0.25, 0.3) is 11.0 Å². The van der Waals surface area contributed by atoms with Gasteiger partial charge in [-0.05, 0) is 50.4 Å². The number of benzene rings is 1. The van der Waals surface area contributed by atoms with Crippen LogP contribution in [0.2, 0.25) is 0 Å². The second kappa shape index (κ2) is 8.19. The van der Waals surface area contributed by atoms with Crippen molar-refractivity contribution in [3.63, 3.8) is 0 Å². The number of likely N-dealkylation sites (N-methyl/N-ethyl adjacent to an activating group) is 1. The van der Waals surface area contributed by atoms with Crippen LogP contribution in [-0.4, -0.2) is 84.8 Å². The van der Waals surface area contributed by atoms with Gasteiger partial charge < -0.3 is 24.3 Å². The standard InChI is InChI=1S/C21H30N4O3/c1-24(8-9-27-2)12-16-11-21(28-13-16)6-3-7-25(14-21)20(26)17-4-5-18-19(10-17)23-15-22-18/h4-5,10,15-16H,3,6-9,11-14H2,1-2H3,(H,22,23). The second-order valence-electron chi connectivity index (χ2n) is 8.28. The zero-order valence-electron chi connectivity index (χ0n) is 16.8. The molecule has 2 unspecified atom stereocenters. The third kappa shape index (κ3) is 4.06. The van der Waals surface area contributed by atoms with Crippen LogP contribution in [0, 0.1) is 5.92 Å². The van der Waals surface area contributed by atoms with Crippen LogP contribution in [0.3, 0.4) is 0 Å². The zero-order valence-corrected chi connectivity index (χ0v) is 16.8. The smallest absolute Gasteiger partial charge is 0.254 e. The fraction of sp³-hybridized carbons (Fsp3) is 0.619. The Bertz CT molecular complexity index is 823. The van der Waals surface area contributed by atoms with E-state index in [2.05, 4.69) is 21.9 Å². The number of carbonyl (C=O) groups is 1. The molecule has 1 aromatic carbocycles. The lowest BCUT2D eigenvalue weighted by molar-refractivity contribution is -0.0450. The molecule has 28 heavy (non-hydrogen) atoms. The molecule has 7 heteroatoms. The van der Waals surface area contributed by atoms with E-state index in [4.69, 9.17) is 9.47 Å². The fourth-order valence-electron chi connectivity index (χ4n) is 4.64. The quantitative estimate of drug-likeness (QED) is 0.824. The average molecular weight is 386 g/mol. The first-order valence-corrected chi connectivity index (χ1v) is 10.1. The molecule has 1 N–H and O–H groups in total. The van der Waals surface area contributed by atoms with Crippen molar-refractivity contribution >= 4 is 16.9 Å². The highest BCUT2D eigenvalue weighted by Gasteiger charge is 2.44. The maximum Gasteiger partial charge on any atom is 0.254 e. The molecule has 2 atom stereocenters. The summed E-state index contributed by atoms with van der Waals surface area (Å²) in [5, 5.41) is 0. The molecular weight excluding hydrogens is 356 g/mol. The van der Waals surface area contributed by atoms with E-state index in [9.17, 15) is 4.79 Å². The third-order valence-corrected chi connectivity index (χ3v) is 6.03. The summed E-state index contributed by atoms with van der Waals surface area (Å²) in [5.41, 5.74) is 2.31. The number of imidazole rings is 1. The molecule has 2 fully saturated rings. The molecule has 3 heterocycles. The first-order valence-electron chi connectivity index (χ1n) is 10.1. The minimum Gasteiger partial charge on any atom is -0.383 e. The van der Waals surface area contributed by atoms with Crippen molar-refractivity contribution in [1.29, 1.82) is 0 Å². The Labute approximate surface area is 166 Å². The summed E-state index contributed by atoms with van der Waals surface area (Å²) in [6, 6.07) is 5.67. The summed E-state index contributed by atoms with van der Waals surface area (Å²) >= 11 is 0. The van der Waals surface area contributed by atoms with Crippen molar-refractivity contribution < 1.29 is 14.3 Å². The molecule has 0 saturated carbocycles. The van der Waals surface area contributed by atoms with Crippen LogP contribution >= 0.6 is 0 Å². The SMILES string of the molecule is COCCN(C)CC1COC2(CCCN(C(=O)c3ccc4nc[nH]c4c3)C2)C1. The van der Waals surface area contributed by atoms with Gasteiger partial charge in [0.1, 0.15) is 0 Å². The molecule has 0 aliphatic carbocycles. The van der Waals surface area contributed by atoms with Crippen molar-refractivity contribution in [3.8, 4) is 0 Å². The van der Waals surface area contributed by atoms with Gasteiger partial charge in [-0.2, -0.15) is 0 Å². The lowest BCUT2D eigenvalue weighted by Crippen LogP contribution is -2.50. The average Bonchev–Trinajstić information content (AvgIpc) is 3.32. The number of H-pyrrole nitrogens is 1. The van der Waals surface area contributed by atoms with Gasteiger partial charge in [0, 0.05) is 38.9 Å². The number of methoxy groups -OCH3 is 1. The highest BCUT2D eigenvalue weighted by atomic mass is 16.5. The zero-order chi connectivity index (χ0) is 19.6. The van der Waals surface area contributed by atoms with Gasteiger partial charge in [0.05, 0.1) is 36.2 Å². The normalized spacial score (nSPS) is 25.2. The molecule has 152 valence electrons. The van der Waals surface area contributed by atoms with E-state index in [0.29, 0.717) is 18.0 Å². The third-order valence-electron chi connectivity index (χ3n) is 6.03. The van der Waals surface area contributed by atoms with Gasteiger partial charge in [0.15, 0.2) is 0 Å². The first kappa shape index (κ1) is 19.4. The monoisotopic (exact) mass is 386 g/mol. The van der Waals surface area contributed by atoms with Gasteiger partial charge in [-0.3, -0.25) is 4.79 Å². The van der Waals surface area contributed by atoms with Gasteiger partial charge in [0.2, 0.25) is 0 Å². The number of piperidine rings is 1. The molecule has 7 nitrogen and oxygen atoms in total. The van der Waals surface area contributed by atoms with Crippen molar-refractivity contribution in [1.82, 2.24) is 19.8 Å². The Morgan fingerprint density at radius 3 is 3.25 bits per heavy atom. The molecule has 4 rings (SSSR count). The number of aromatic amines is 1. The molecule has 2 aliphatic heterocycles. The van der Waals surface area contributed by atoms with Crippen LogP contribution < -0.4 is 0 Å². The van der Waals surface area contributed by atoms with Crippen molar-refractivity contribution in [2.45, 2.75) is 24.9 Å². The van der Waals surface area contributed by atoms with E-state index in [1.807, 2.05) is 23.1 Å². The summed E-state index contributed by atoms with van der Waals surface area (Å²) in [6.07, 6.45) is 4.71. The summed E-state index contributed by atoms with van der Waals surface area (Å²) in [6.45, 7) is 4.95. The first-order chi connectivity index (χ1) is 13.6. The summed E-state index contributed by atoms with van der Waals surface area (Å²) in [5.74, 6) is 0.595. The van der Waals surface area contributed by atoms with Gasteiger partial charge >= 0.3 is 0 Å². The van der Waals surface area contributed by atoms with E-state index < -0.39 is 0 Å². The predicted molar refractivity (Wildman–Crippen MR) is 107 cm³/mol. The van der Waals surface area contributed by atoms with Crippen molar-refractivity contribution in [2.24, 2.45) is 5.92 Å². The number of nitrogens with zero attached hydrogens (tertiary/aromatic N) is 3. The Kier molecular flexibility index (Phi) is 5.66. The Morgan fingerprint density at radius 2 is 2.39 bits per heavy atom. The predicted octanol–water partition coefficient (Wildman–Crippen LogP) is 2.15. The number of ether oxygens (including phenoxy) is 2. The van der Waals surface area contributed by atoms with Crippen LogP contribution in [-0.2, 0) is 9.47 Å². The van der Waals surface area contributed by atoms with Crippen LogP contribution in [0.4, 0.5) is 0 Å². The van der Waals surface area contributed by atoms with Gasteiger partial charge in [-0.15, -0.1) is 0 Å². The van der Waals surface area contributed by atoms with Gasteiger partial charge in [-0.25, -0.2) is 4.98 Å². The number of likely N-dealkylation sites (tertiary alicyclic amines) is 1. The van der Waals surface area contributed by atoms with E-state index >= 15 is 0 Å². The molecule has 2 saturated heterocycles. The minimum atomic E-state index is -0.182. The van der Waals surface area contributed by atoms with E-state index in [-0.39, 0.29) is 11.5 Å². The second-order valence-corrected chi connectivity index (χ2v) is 8.28. The number of fused-ring (bicyclic) bond motifs is 1. The number of rotatable bonds is 6. The fourth-order valence-corrected chi connectivity index (χ4v) is 4.64. The van der Waals surface area contributed by atoms with E-state index in [0.717, 1.165) is 63.1 Å². The topological polar surface area (TPSA) is 70.7 Å². The summed E-state index contributed by atoms with van der Waals surface area (Å²) < 4.78 is 11.5. The molecule has 1 amide bonds. The van der Waals surface area contributed by atoms with Gasteiger partial charge in [-0.1, -0.05) is 0 Å².